The van der Waals surface area contributed by atoms with Crippen LogP contribution < -0.4 is 5.73 Å². The Kier molecular flexibility index (Phi) is 2.54. The van der Waals surface area contributed by atoms with Crippen LogP contribution in [0.4, 0.5) is 0 Å². The average Bonchev–Trinajstić information content (AvgIpc) is 2.67. The molecule has 0 bridgehead atoms. The molecule has 4 nitrogen and oxygen atoms in total. The molecule has 1 fully saturated rings. The Morgan fingerprint density at radius 1 is 1.47 bits per heavy atom. The number of aromatic nitrogens is 2. The lowest BCUT2D eigenvalue weighted by Crippen LogP contribution is -2.45. The Bertz CT molecular complexity index is 321. The Balaban J connectivity index is 2.27. The zero-order valence-electron chi connectivity index (χ0n) is 9.60. The third kappa shape index (κ3) is 1.67. The summed E-state index contributed by atoms with van der Waals surface area (Å²) in [5.41, 5.74) is 6.23. The van der Waals surface area contributed by atoms with Crippen molar-refractivity contribution < 1.29 is 4.52 Å². The fourth-order valence-electron chi connectivity index (χ4n) is 2.63. The molecule has 1 aliphatic rings. The van der Waals surface area contributed by atoms with E-state index in [1.807, 2.05) is 0 Å². The van der Waals surface area contributed by atoms with Gasteiger partial charge in [0.2, 0.25) is 5.89 Å². The minimum absolute atomic E-state index is 0.129. The predicted molar refractivity (Wildman–Crippen MR) is 57.2 cm³/mol. The lowest BCUT2D eigenvalue weighted by molar-refractivity contribution is 0.0806. The first-order valence-corrected chi connectivity index (χ1v) is 5.55. The summed E-state index contributed by atoms with van der Waals surface area (Å²) in [6.07, 6.45) is 3.56. The molecule has 1 aliphatic carbocycles. The van der Waals surface area contributed by atoms with E-state index in [2.05, 4.69) is 30.9 Å². The smallest absolute Gasteiger partial charge is 0.230 e. The molecule has 3 unspecified atom stereocenters. The number of hydrogen-bond acceptors (Lipinski definition) is 4. The van der Waals surface area contributed by atoms with Crippen molar-refractivity contribution in [3.8, 4) is 0 Å². The van der Waals surface area contributed by atoms with Gasteiger partial charge in [0.05, 0.1) is 0 Å². The SMILES string of the molecule is CC1C(N)CCC(c2ncno2)C1(C)C. The fourth-order valence-corrected chi connectivity index (χ4v) is 2.63. The minimum atomic E-state index is 0.129. The highest BCUT2D eigenvalue weighted by Crippen LogP contribution is 2.48. The second-order valence-electron chi connectivity index (χ2n) is 5.18. The summed E-state index contributed by atoms with van der Waals surface area (Å²) in [6, 6.07) is 0.291. The van der Waals surface area contributed by atoms with Crippen LogP contribution in [-0.4, -0.2) is 16.2 Å². The lowest BCUT2D eigenvalue weighted by atomic mass is 9.61. The zero-order valence-corrected chi connectivity index (χ0v) is 9.60. The normalized spacial score (nSPS) is 35.3. The molecule has 2 rings (SSSR count). The second kappa shape index (κ2) is 3.59. The highest BCUT2D eigenvalue weighted by Gasteiger charge is 2.44. The number of hydrogen-bond donors (Lipinski definition) is 1. The van der Waals surface area contributed by atoms with Crippen molar-refractivity contribution in [3.63, 3.8) is 0 Å². The van der Waals surface area contributed by atoms with Crippen LogP contribution in [-0.2, 0) is 0 Å². The molecule has 0 radical (unpaired) electrons. The Labute approximate surface area is 90.2 Å². The van der Waals surface area contributed by atoms with E-state index in [1.54, 1.807) is 0 Å². The maximum atomic E-state index is 6.10. The van der Waals surface area contributed by atoms with Crippen LogP contribution in [0.15, 0.2) is 10.9 Å². The molecule has 1 aromatic rings. The van der Waals surface area contributed by atoms with E-state index in [-0.39, 0.29) is 5.41 Å². The first-order chi connectivity index (χ1) is 7.03. The minimum Gasteiger partial charge on any atom is -0.339 e. The molecular weight excluding hydrogens is 190 g/mol. The zero-order chi connectivity index (χ0) is 11.1. The maximum Gasteiger partial charge on any atom is 0.230 e. The van der Waals surface area contributed by atoms with Gasteiger partial charge in [-0.3, -0.25) is 0 Å². The van der Waals surface area contributed by atoms with Gasteiger partial charge in [0.25, 0.3) is 0 Å². The van der Waals surface area contributed by atoms with E-state index < -0.39 is 0 Å². The summed E-state index contributed by atoms with van der Waals surface area (Å²) in [7, 11) is 0. The lowest BCUT2D eigenvalue weighted by Gasteiger charge is -2.45. The highest BCUT2D eigenvalue weighted by molar-refractivity contribution is 5.05. The van der Waals surface area contributed by atoms with Gasteiger partial charge >= 0.3 is 0 Å². The molecule has 84 valence electrons. The molecule has 2 N–H and O–H groups in total. The molecular formula is C11H19N3O. The predicted octanol–water partition coefficient (Wildman–Crippen LogP) is 1.94. The maximum absolute atomic E-state index is 6.10. The first-order valence-electron chi connectivity index (χ1n) is 5.55. The van der Waals surface area contributed by atoms with E-state index in [0.29, 0.717) is 17.9 Å². The van der Waals surface area contributed by atoms with Crippen LogP contribution in [0, 0.1) is 11.3 Å². The molecule has 3 atom stereocenters. The largest absolute Gasteiger partial charge is 0.339 e. The van der Waals surface area contributed by atoms with Crippen molar-refractivity contribution in [2.75, 3.05) is 0 Å². The van der Waals surface area contributed by atoms with E-state index in [4.69, 9.17) is 10.3 Å². The first kappa shape index (κ1) is 10.6. The van der Waals surface area contributed by atoms with Gasteiger partial charge in [0.1, 0.15) is 0 Å². The van der Waals surface area contributed by atoms with Crippen LogP contribution in [0.25, 0.3) is 0 Å². The van der Waals surface area contributed by atoms with Gasteiger partial charge in [0.15, 0.2) is 6.33 Å². The summed E-state index contributed by atoms with van der Waals surface area (Å²) in [5, 5.41) is 3.69. The molecule has 0 spiro atoms. The molecule has 15 heavy (non-hydrogen) atoms. The summed E-state index contributed by atoms with van der Waals surface area (Å²) >= 11 is 0. The molecule has 1 heterocycles. The van der Waals surface area contributed by atoms with Gasteiger partial charge in [-0.15, -0.1) is 0 Å². The molecule has 1 aromatic heterocycles. The number of nitrogens with two attached hydrogens (primary N) is 1. The molecule has 1 saturated carbocycles. The quantitative estimate of drug-likeness (QED) is 0.767. The van der Waals surface area contributed by atoms with Crippen molar-refractivity contribution in [2.45, 2.75) is 45.6 Å². The van der Waals surface area contributed by atoms with Crippen molar-refractivity contribution in [2.24, 2.45) is 17.1 Å². The molecule has 0 aromatic carbocycles. The van der Waals surface area contributed by atoms with Crippen LogP contribution in [0.5, 0.6) is 0 Å². The Morgan fingerprint density at radius 2 is 2.20 bits per heavy atom. The molecule has 0 saturated heterocycles. The fraction of sp³-hybridized carbons (Fsp3) is 0.818. The van der Waals surface area contributed by atoms with Gasteiger partial charge in [-0.1, -0.05) is 25.9 Å². The van der Waals surface area contributed by atoms with Crippen LogP contribution >= 0.6 is 0 Å². The van der Waals surface area contributed by atoms with Crippen LogP contribution in [0.2, 0.25) is 0 Å². The van der Waals surface area contributed by atoms with Gasteiger partial charge in [0, 0.05) is 12.0 Å². The summed E-state index contributed by atoms with van der Waals surface area (Å²) < 4.78 is 5.19. The van der Waals surface area contributed by atoms with E-state index in [1.165, 1.54) is 6.33 Å². The number of rotatable bonds is 1. The summed E-state index contributed by atoms with van der Waals surface area (Å²) in [6.45, 7) is 6.70. The van der Waals surface area contributed by atoms with Crippen molar-refractivity contribution in [3.05, 3.63) is 12.2 Å². The van der Waals surface area contributed by atoms with Gasteiger partial charge in [-0.2, -0.15) is 4.98 Å². The van der Waals surface area contributed by atoms with E-state index in [9.17, 15) is 0 Å². The summed E-state index contributed by atoms with van der Waals surface area (Å²) in [4.78, 5) is 4.18. The Morgan fingerprint density at radius 3 is 2.80 bits per heavy atom. The molecule has 4 heteroatoms. The molecule has 0 aliphatic heterocycles. The monoisotopic (exact) mass is 209 g/mol. The van der Waals surface area contributed by atoms with Gasteiger partial charge < -0.3 is 10.3 Å². The topological polar surface area (TPSA) is 64.9 Å². The van der Waals surface area contributed by atoms with Gasteiger partial charge in [-0.05, 0) is 24.2 Å². The standard InChI is InChI=1S/C11H19N3O/c1-7-9(12)5-4-8(11(7,2)3)10-13-6-14-15-10/h6-9H,4-5,12H2,1-3H3. The third-order valence-corrected chi connectivity index (χ3v) is 4.18. The number of nitrogens with zero attached hydrogens (tertiary/aromatic N) is 2. The van der Waals surface area contributed by atoms with Gasteiger partial charge in [-0.25, -0.2) is 0 Å². The van der Waals surface area contributed by atoms with E-state index in [0.717, 1.165) is 18.7 Å². The molecule has 0 amide bonds. The van der Waals surface area contributed by atoms with Crippen LogP contribution in [0.3, 0.4) is 0 Å². The van der Waals surface area contributed by atoms with Crippen molar-refractivity contribution >= 4 is 0 Å². The summed E-state index contributed by atoms with van der Waals surface area (Å²) in [5.74, 6) is 1.58. The third-order valence-electron chi connectivity index (χ3n) is 4.18. The second-order valence-corrected chi connectivity index (χ2v) is 5.18. The van der Waals surface area contributed by atoms with E-state index >= 15 is 0 Å². The van der Waals surface area contributed by atoms with Crippen LogP contribution in [0.1, 0.15) is 45.4 Å². The van der Waals surface area contributed by atoms with Crippen molar-refractivity contribution in [1.82, 2.24) is 10.1 Å². The van der Waals surface area contributed by atoms with Crippen molar-refractivity contribution in [1.29, 1.82) is 0 Å². The average molecular weight is 209 g/mol. The highest BCUT2D eigenvalue weighted by atomic mass is 16.5. The Hall–Kier alpha value is -0.900.